The molecule has 0 spiro atoms. The lowest BCUT2D eigenvalue weighted by molar-refractivity contribution is 0.0995. The second kappa shape index (κ2) is 3.58. The van der Waals surface area contributed by atoms with Gasteiger partial charge in [-0.2, -0.15) is 0 Å². The number of primary amides is 1. The van der Waals surface area contributed by atoms with Crippen LogP contribution in [-0.2, 0) is 6.61 Å². The predicted molar refractivity (Wildman–Crippen MR) is 48.6 cm³/mol. The third kappa shape index (κ3) is 1.75. The number of hydrogen-bond donors (Lipinski definition) is 2. The molecular weight excluding hydrogens is 200 g/mol. The standard InChI is InChI=1S/C9H8N2O4/c10-8(13)6-4-14-9(11-6)7-2-1-5(3-12)15-7/h1-2,4,12H,3H2,(H2,10,13). The van der Waals surface area contributed by atoms with E-state index in [-0.39, 0.29) is 18.2 Å². The van der Waals surface area contributed by atoms with Crippen molar-refractivity contribution < 1.29 is 18.7 Å². The van der Waals surface area contributed by atoms with Gasteiger partial charge in [0.2, 0.25) is 0 Å². The van der Waals surface area contributed by atoms with Gasteiger partial charge < -0.3 is 19.7 Å². The molecule has 2 rings (SSSR count). The highest BCUT2D eigenvalue weighted by atomic mass is 16.4. The topological polar surface area (TPSA) is 102 Å². The van der Waals surface area contributed by atoms with Gasteiger partial charge in [-0.3, -0.25) is 4.79 Å². The lowest BCUT2D eigenvalue weighted by Gasteiger charge is -1.88. The van der Waals surface area contributed by atoms with Crippen LogP contribution in [0.4, 0.5) is 0 Å². The summed E-state index contributed by atoms with van der Waals surface area (Å²) in [4.78, 5) is 14.5. The van der Waals surface area contributed by atoms with E-state index >= 15 is 0 Å². The first-order chi connectivity index (χ1) is 7.20. The molecule has 78 valence electrons. The molecule has 0 aromatic carbocycles. The van der Waals surface area contributed by atoms with Crippen molar-refractivity contribution in [3.05, 3.63) is 29.9 Å². The molecule has 0 aliphatic heterocycles. The monoisotopic (exact) mass is 208 g/mol. The highest BCUT2D eigenvalue weighted by Gasteiger charge is 2.13. The van der Waals surface area contributed by atoms with Gasteiger partial charge in [-0.1, -0.05) is 0 Å². The Kier molecular flexibility index (Phi) is 2.26. The molecule has 3 N–H and O–H groups in total. The smallest absolute Gasteiger partial charge is 0.270 e. The number of furan rings is 1. The molecule has 0 radical (unpaired) electrons. The fourth-order valence-corrected chi connectivity index (χ4v) is 1.08. The number of carbonyl (C=O) groups excluding carboxylic acids is 1. The van der Waals surface area contributed by atoms with E-state index in [1.165, 1.54) is 0 Å². The lowest BCUT2D eigenvalue weighted by atomic mass is 10.4. The first-order valence-electron chi connectivity index (χ1n) is 4.16. The zero-order valence-electron chi connectivity index (χ0n) is 7.64. The van der Waals surface area contributed by atoms with Crippen molar-refractivity contribution in [2.75, 3.05) is 0 Å². The van der Waals surface area contributed by atoms with Crippen LogP contribution in [0, 0.1) is 0 Å². The average molecular weight is 208 g/mol. The summed E-state index contributed by atoms with van der Waals surface area (Å²) in [5.41, 5.74) is 5.04. The Morgan fingerprint density at radius 1 is 1.53 bits per heavy atom. The minimum absolute atomic E-state index is 0.0342. The molecule has 0 aliphatic carbocycles. The van der Waals surface area contributed by atoms with E-state index in [0.717, 1.165) is 6.26 Å². The fourth-order valence-electron chi connectivity index (χ4n) is 1.08. The van der Waals surface area contributed by atoms with Crippen LogP contribution >= 0.6 is 0 Å². The van der Waals surface area contributed by atoms with Crippen molar-refractivity contribution in [2.24, 2.45) is 5.73 Å². The number of nitrogens with zero attached hydrogens (tertiary/aromatic N) is 1. The molecule has 2 heterocycles. The molecule has 0 bridgehead atoms. The molecule has 0 saturated carbocycles. The van der Waals surface area contributed by atoms with Crippen molar-refractivity contribution in [1.29, 1.82) is 0 Å². The van der Waals surface area contributed by atoms with E-state index in [9.17, 15) is 4.79 Å². The second-order valence-electron chi connectivity index (χ2n) is 2.83. The zero-order chi connectivity index (χ0) is 10.8. The number of carbonyl (C=O) groups is 1. The van der Waals surface area contributed by atoms with Crippen LogP contribution in [0.1, 0.15) is 16.2 Å². The third-order valence-corrected chi connectivity index (χ3v) is 1.78. The van der Waals surface area contributed by atoms with Crippen molar-refractivity contribution in [2.45, 2.75) is 6.61 Å². The van der Waals surface area contributed by atoms with Gasteiger partial charge in [0.15, 0.2) is 11.5 Å². The number of hydrogen-bond acceptors (Lipinski definition) is 5. The molecule has 0 fully saturated rings. The summed E-state index contributed by atoms with van der Waals surface area (Å²) >= 11 is 0. The van der Waals surface area contributed by atoms with Gasteiger partial charge >= 0.3 is 0 Å². The minimum atomic E-state index is -0.668. The van der Waals surface area contributed by atoms with E-state index in [1.807, 2.05) is 0 Å². The van der Waals surface area contributed by atoms with Crippen molar-refractivity contribution in [1.82, 2.24) is 4.98 Å². The van der Waals surface area contributed by atoms with E-state index in [2.05, 4.69) is 4.98 Å². The van der Waals surface area contributed by atoms with Gasteiger partial charge in [0, 0.05) is 0 Å². The molecule has 0 unspecified atom stereocenters. The first-order valence-corrected chi connectivity index (χ1v) is 4.16. The molecule has 0 aliphatic rings. The van der Waals surface area contributed by atoms with Crippen LogP contribution in [0.25, 0.3) is 11.7 Å². The normalized spacial score (nSPS) is 10.5. The maximum absolute atomic E-state index is 10.7. The maximum Gasteiger partial charge on any atom is 0.270 e. The van der Waals surface area contributed by atoms with Crippen LogP contribution in [-0.4, -0.2) is 16.0 Å². The molecule has 2 aromatic rings. The number of nitrogens with two attached hydrogens (primary N) is 1. The van der Waals surface area contributed by atoms with Crippen molar-refractivity contribution in [3.63, 3.8) is 0 Å². The Balaban J connectivity index is 2.32. The Morgan fingerprint density at radius 3 is 2.87 bits per heavy atom. The molecule has 2 aromatic heterocycles. The van der Waals surface area contributed by atoms with Crippen LogP contribution < -0.4 is 5.73 Å². The molecule has 0 saturated heterocycles. The minimum Gasteiger partial charge on any atom is -0.454 e. The summed E-state index contributed by atoms with van der Waals surface area (Å²) in [6, 6.07) is 3.17. The maximum atomic E-state index is 10.7. The predicted octanol–water partition coefficient (Wildman–Crippen LogP) is 0.526. The number of rotatable bonds is 3. The first kappa shape index (κ1) is 9.47. The molecule has 1 amide bonds. The Hall–Kier alpha value is -2.08. The van der Waals surface area contributed by atoms with E-state index in [4.69, 9.17) is 19.7 Å². The van der Waals surface area contributed by atoms with Gasteiger partial charge in [-0.15, -0.1) is 0 Å². The number of aliphatic hydroxyl groups excluding tert-OH is 1. The van der Waals surface area contributed by atoms with Crippen LogP contribution in [0.2, 0.25) is 0 Å². The Morgan fingerprint density at radius 2 is 2.33 bits per heavy atom. The van der Waals surface area contributed by atoms with Gasteiger partial charge in [0.1, 0.15) is 18.6 Å². The molecule has 6 nitrogen and oxygen atoms in total. The van der Waals surface area contributed by atoms with Gasteiger partial charge in [-0.25, -0.2) is 4.98 Å². The highest BCUT2D eigenvalue weighted by Crippen LogP contribution is 2.21. The quantitative estimate of drug-likeness (QED) is 0.765. The summed E-state index contributed by atoms with van der Waals surface area (Å²) in [5, 5.41) is 8.77. The third-order valence-electron chi connectivity index (χ3n) is 1.78. The summed E-state index contributed by atoms with van der Waals surface area (Å²) in [7, 11) is 0. The number of aromatic nitrogens is 1. The summed E-state index contributed by atoms with van der Waals surface area (Å²) in [5.74, 6) is 0.220. The Bertz CT molecular complexity index is 486. The zero-order valence-corrected chi connectivity index (χ0v) is 7.64. The summed E-state index contributed by atoms with van der Waals surface area (Å²) in [6.07, 6.45) is 1.15. The number of amides is 1. The van der Waals surface area contributed by atoms with Crippen LogP contribution in [0.3, 0.4) is 0 Å². The number of aliphatic hydroxyl groups is 1. The van der Waals surface area contributed by atoms with E-state index < -0.39 is 5.91 Å². The van der Waals surface area contributed by atoms with Crippen molar-refractivity contribution in [3.8, 4) is 11.7 Å². The van der Waals surface area contributed by atoms with E-state index in [0.29, 0.717) is 11.5 Å². The number of oxazole rings is 1. The van der Waals surface area contributed by atoms with Gasteiger partial charge in [0.05, 0.1) is 0 Å². The molecule has 15 heavy (non-hydrogen) atoms. The van der Waals surface area contributed by atoms with Gasteiger partial charge in [-0.05, 0) is 12.1 Å². The molecule has 0 atom stereocenters. The SMILES string of the molecule is NC(=O)c1coc(-c2ccc(CO)o2)n1. The van der Waals surface area contributed by atoms with Crippen LogP contribution in [0.5, 0.6) is 0 Å². The highest BCUT2D eigenvalue weighted by molar-refractivity contribution is 5.90. The largest absolute Gasteiger partial charge is 0.454 e. The fraction of sp³-hybridized carbons (Fsp3) is 0.111. The van der Waals surface area contributed by atoms with Gasteiger partial charge in [0.25, 0.3) is 11.8 Å². The summed E-state index contributed by atoms with van der Waals surface area (Å²) < 4.78 is 10.1. The second-order valence-corrected chi connectivity index (χ2v) is 2.83. The van der Waals surface area contributed by atoms with E-state index in [1.54, 1.807) is 12.1 Å². The molecular formula is C9H8N2O4. The average Bonchev–Trinajstić information content (AvgIpc) is 2.86. The van der Waals surface area contributed by atoms with Crippen LogP contribution in [0.15, 0.2) is 27.2 Å². The Labute approximate surface area is 84.3 Å². The van der Waals surface area contributed by atoms with Crippen molar-refractivity contribution >= 4 is 5.91 Å². The molecule has 6 heteroatoms. The lowest BCUT2D eigenvalue weighted by Crippen LogP contribution is -2.10. The summed E-state index contributed by atoms with van der Waals surface area (Å²) in [6.45, 7) is -0.205.